The van der Waals surface area contributed by atoms with Gasteiger partial charge in [0.25, 0.3) is 0 Å². The third-order valence-corrected chi connectivity index (χ3v) is 4.06. The summed E-state index contributed by atoms with van der Waals surface area (Å²) in [6, 6.07) is 6.77. The molecule has 0 radical (unpaired) electrons. The van der Waals surface area contributed by atoms with Crippen molar-refractivity contribution in [3.63, 3.8) is 0 Å². The molecule has 1 N–H and O–H groups in total. The fourth-order valence-electron chi connectivity index (χ4n) is 2.67. The van der Waals surface area contributed by atoms with Crippen LogP contribution in [0.3, 0.4) is 0 Å². The molecule has 1 unspecified atom stereocenters. The summed E-state index contributed by atoms with van der Waals surface area (Å²) in [7, 11) is 0. The Kier molecular flexibility index (Phi) is 6.27. The van der Waals surface area contributed by atoms with Gasteiger partial charge in [0.2, 0.25) is 0 Å². The smallest absolute Gasteiger partial charge is 0.128 e. The SMILES string of the molecule is CCCCNCC(C)N1CCN(c2ccccn2)CC1. The second-order valence-electron chi connectivity index (χ2n) is 5.62. The molecule has 112 valence electrons. The summed E-state index contributed by atoms with van der Waals surface area (Å²) in [6.45, 7) is 11.2. The molecule has 0 spiro atoms. The lowest BCUT2D eigenvalue weighted by Gasteiger charge is -2.38. The first-order valence-electron chi connectivity index (χ1n) is 7.92. The van der Waals surface area contributed by atoms with Gasteiger partial charge in [-0.3, -0.25) is 4.90 Å². The molecule has 1 aromatic heterocycles. The molecule has 4 nitrogen and oxygen atoms in total. The fraction of sp³-hybridized carbons (Fsp3) is 0.688. The van der Waals surface area contributed by atoms with Gasteiger partial charge in [-0.25, -0.2) is 4.98 Å². The number of pyridine rings is 1. The standard InChI is InChI=1S/C16H28N4/c1-3-4-8-17-14-15(2)19-10-12-20(13-11-19)16-7-5-6-9-18-16/h5-7,9,15,17H,3-4,8,10-14H2,1-2H3. The van der Waals surface area contributed by atoms with Gasteiger partial charge in [-0.1, -0.05) is 19.4 Å². The number of piperazine rings is 1. The monoisotopic (exact) mass is 276 g/mol. The molecule has 0 aromatic carbocycles. The zero-order valence-electron chi connectivity index (χ0n) is 12.9. The van der Waals surface area contributed by atoms with E-state index < -0.39 is 0 Å². The summed E-state index contributed by atoms with van der Waals surface area (Å²) < 4.78 is 0. The minimum absolute atomic E-state index is 0.623. The summed E-state index contributed by atoms with van der Waals surface area (Å²) in [4.78, 5) is 9.40. The van der Waals surface area contributed by atoms with E-state index in [2.05, 4.69) is 46.1 Å². The molecule has 0 saturated carbocycles. The van der Waals surface area contributed by atoms with Crippen LogP contribution in [0.1, 0.15) is 26.7 Å². The average molecular weight is 276 g/mol. The van der Waals surface area contributed by atoms with Crippen molar-refractivity contribution in [3.05, 3.63) is 24.4 Å². The first-order valence-corrected chi connectivity index (χ1v) is 7.92. The number of anilines is 1. The highest BCUT2D eigenvalue weighted by Gasteiger charge is 2.21. The van der Waals surface area contributed by atoms with Crippen LogP contribution in [-0.4, -0.2) is 55.2 Å². The van der Waals surface area contributed by atoms with Gasteiger partial charge >= 0.3 is 0 Å². The van der Waals surface area contributed by atoms with Gasteiger partial charge in [-0.15, -0.1) is 0 Å². The summed E-state index contributed by atoms with van der Waals surface area (Å²) in [5, 5.41) is 3.56. The highest BCUT2D eigenvalue weighted by atomic mass is 15.3. The lowest BCUT2D eigenvalue weighted by atomic mass is 10.2. The lowest BCUT2D eigenvalue weighted by molar-refractivity contribution is 0.193. The van der Waals surface area contributed by atoms with Crippen LogP contribution >= 0.6 is 0 Å². The molecule has 0 bridgehead atoms. The Morgan fingerprint density at radius 2 is 2.05 bits per heavy atom. The van der Waals surface area contributed by atoms with Crippen molar-refractivity contribution >= 4 is 5.82 Å². The molecule has 1 fully saturated rings. The van der Waals surface area contributed by atoms with Crippen molar-refractivity contribution < 1.29 is 0 Å². The molecule has 1 saturated heterocycles. The van der Waals surface area contributed by atoms with E-state index in [9.17, 15) is 0 Å². The quantitative estimate of drug-likeness (QED) is 0.772. The van der Waals surface area contributed by atoms with E-state index in [-0.39, 0.29) is 0 Å². The molecule has 0 amide bonds. The summed E-state index contributed by atoms with van der Waals surface area (Å²) in [6.07, 6.45) is 4.42. The maximum Gasteiger partial charge on any atom is 0.128 e. The number of nitrogens with one attached hydrogen (secondary N) is 1. The first-order chi connectivity index (χ1) is 9.81. The highest BCUT2D eigenvalue weighted by Crippen LogP contribution is 2.13. The van der Waals surface area contributed by atoms with Gasteiger partial charge in [-0.05, 0) is 32.0 Å². The van der Waals surface area contributed by atoms with Gasteiger partial charge in [0.1, 0.15) is 5.82 Å². The van der Waals surface area contributed by atoms with Crippen molar-refractivity contribution in [2.75, 3.05) is 44.2 Å². The van der Waals surface area contributed by atoms with Crippen molar-refractivity contribution in [2.24, 2.45) is 0 Å². The molecule has 20 heavy (non-hydrogen) atoms. The Morgan fingerprint density at radius 1 is 1.25 bits per heavy atom. The van der Waals surface area contributed by atoms with Gasteiger partial charge < -0.3 is 10.2 Å². The van der Waals surface area contributed by atoms with Crippen molar-refractivity contribution in [1.29, 1.82) is 0 Å². The van der Waals surface area contributed by atoms with Crippen LogP contribution < -0.4 is 10.2 Å². The molecule has 4 heteroatoms. The number of hydrogen-bond acceptors (Lipinski definition) is 4. The van der Waals surface area contributed by atoms with E-state index in [1.165, 1.54) is 12.8 Å². The van der Waals surface area contributed by atoms with Crippen LogP contribution in [0.4, 0.5) is 5.82 Å². The van der Waals surface area contributed by atoms with E-state index in [1.807, 2.05) is 12.3 Å². The summed E-state index contributed by atoms with van der Waals surface area (Å²) in [5.41, 5.74) is 0. The Bertz CT molecular complexity index is 360. The number of hydrogen-bond donors (Lipinski definition) is 1. The van der Waals surface area contributed by atoms with Gasteiger partial charge in [0.05, 0.1) is 0 Å². The lowest BCUT2D eigenvalue weighted by Crippen LogP contribution is -2.52. The van der Waals surface area contributed by atoms with E-state index in [0.29, 0.717) is 6.04 Å². The normalized spacial score (nSPS) is 18.2. The van der Waals surface area contributed by atoms with Crippen LogP contribution in [0.2, 0.25) is 0 Å². The zero-order chi connectivity index (χ0) is 14.2. The van der Waals surface area contributed by atoms with Crippen molar-refractivity contribution in [2.45, 2.75) is 32.7 Å². The number of aromatic nitrogens is 1. The van der Waals surface area contributed by atoms with E-state index in [1.54, 1.807) is 0 Å². The average Bonchev–Trinajstić information content (AvgIpc) is 2.52. The minimum Gasteiger partial charge on any atom is -0.354 e. The van der Waals surface area contributed by atoms with E-state index in [4.69, 9.17) is 0 Å². The highest BCUT2D eigenvalue weighted by molar-refractivity contribution is 5.38. The second kappa shape index (κ2) is 8.22. The van der Waals surface area contributed by atoms with Gasteiger partial charge in [0.15, 0.2) is 0 Å². The second-order valence-corrected chi connectivity index (χ2v) is 5.62. The van der Waals surface area contributed by atoms with Crippen LogP contribution in [0.5, 0.6) is 0 Å². The summed E-state index contributed by atoms with van der Waals surface area (Å²) >= 11 is 0. The van der Waals surface area contributed by atoms with Crippen LogP contribution in [0.15, 0.2) is 24.4 Å². The van der Waals surface area contributed by atoms with Crippen LogP contribution in [0.25, 0.3) is 0 Å². The fourth-order valence-corrected chi connectivity index (χ4v) is 2.67. The minimum atomic E-state index is 0.623. The maximum atomic E-state index is 4.44. The molecular weight excluding hydrogens is 248 g/mol. The van der Waals surface area contributed by atoms with Crippen LogP contribution in [-0.2, 0) is 0 Å². The Morgan fingerprint density at radius 3 is 2.70 bits per heavy atom. The molecule has 2 rings (SSSR count). The third kappa shape index (κ3) is 4.46. The molecule has 0 aliphatic carbocycles. The molecule has 1 aromatic rings. The Hall–Kier alpha value is -1.13. The predicted octanol–water partition coefficient (Wildman–Crippen LogP) is 1.98. The third-order valence-electron chi connectivity index (χ3n) is 4.06. The van der Waals surface area contributed by atoms with Crippen molar-refractivity contribution in [3.8, 4) is 0 Å². The van der Waals surface area contributed by atoms with Gasteiger partial charge in [-0.2, -0.15) is 0 Å². The molecule has 1 atom stereocenters. The van der Waals surface area contributed by atoms with E-state index >= 15 is 0 Å². The number of rotatable bonds is 7. The Labute approximate surface area is 123 Å². The maximum absolute atomic E-state index is 4.44. The zero-order valence-corrected chi connectivity index (χ0v) is 12.9. The summed E-state index contributed by atoms with van der Waals surface area (Å²) in [5.74, 6) is 1.11. The van der Waals surface area contributed by atoms with Gasteiger partial charge in [0, 0.05) is 45.0 Å². The van der Waals surface area contributed by atoms with E-state index in [0.717, 1.165) is 45.1 Å². The predicted molar refractivity (Wildman–Crippen MR) is 85.3 cm³/mol. The first kappa shape index (κ1) is 15.3. The number of unbranched alkanes of at least 4 members (excludes halogenated alkanes) is 1. The molecular formula is C16H28N4. The largest absolute Gasteiger partial charge is 0.354 e. The molecule has 1 aliphatic rings. The van der Waals surface area contributed by atoms with Crippen LogP contribution in [0, 0.1) is 0 Å². The molecule has 1 aliphatic heterocycles. The molecule has 2 heterocycles. The topological polar surface area (TPSA) is 31.4 Å². The number of nitrogens with zero attached hydrogens (tertiary/aromatic N) is 3. The Balaban J connectivity index is 1.71. The van der Waals surface area contributed by atoms with Crippen molar-refractivity contribution in [1.82, 2.24) is 15.2 Å².